The molecule has 0 N–H and O–H groups in total. The van der Waals surface area contributed by atoms with Gasteiger partial charge in [0, 0.05) is 28.5 Å². The molecule has 2 heterocycles. The van der Waals surface area contributed by atoms with Gasteiger partial charge in [0.25, 0.3) is 0 Å². The number of aromatic nitrogens is 3. The molecule has 1 unspecified atom stereocenters. The molecule has 0 fully saturated rings. The van der Waals surface area contributed by atoms with Gasteiger partial charge in [0.1, 0.15) is 0 Å². The molecule has 1 spiro atoms. The number of rotatable bonds is 1. The molecule has 3 nitrogen and oxygen atoms in total. The summed E-state index contributed by atoms with van der Waals surface area (Å²) in [7, 11) is 0. The van der Waals surface area contributed by atoms with Gasteiger partial charge in [-0.2, -0.15) is 0 Å². The molecule has 7 rings (SSSR count). The van der Waals surface area contributed by atoms with Crippen LogP contribution in [0.15, 0.2) is 103 Å². The van der Waals surface area contributed by atoms with E-state index < -0.39 is 5.41 Å². The summed E-state index contributed by atoms with van der Waals surface area (Å²) >= 11 is 0. The Bertz CT molecular complexity index is 1420. The van der Waals surface area contributed by atoms with Crippen LogP contribution in [0, 0.1) is 0 Å². The zero-order chi connectivity index (χ0) is 20.4. The lowest BCUT2D eigenvalue weighted by Crippen LogP contribution is -2.26. The van der Waals surface area contributed by atoms with E-state index in [4.69, 9.17) is 10.1 Å². The summed E-state index contributed by atoms with van der Waals surface area (Å²) in [5.41, 5.74) is 10.8. The maximum Gasteiger partial charge on any atom is 0.0981 e. The summed E-state index contributed by atoms with van der Waals surface area (Å²) in [6.07, 6.45) is 1.89. The van der Waals surface area contributed by atoms with E-state index >= 15 is 0 Å². The smallest absolute Gasteiger partial charge is 0.0981 e. The Morgan fingerprint density at radius 3 is 1.94 bits per heavy atom. The van der Waals surface area contributed by atoms with E-state index in [-0.39, 0.29) is 0 Å². The minimum absolute atomic E-state index is 0.425. The number of benzene rings is 3. The Balaban J connectivity index is 1.64. The van der Waals surface area contributed by atoms with Gasteiger partial charge in [0.2, 0.25) is 0 Å². The molecule has 0 radical (unpaired) electrons. The molecule has 2 aliphatic carbocycles. The van der Waals surface area contributed by atoms with Crippen molar-refractivity contribution in [2.75, 3.05) is 0 Å². The fraction of sp³-hybridized carbons (Fsp3) is 0.0357. The first-order valence-electron chi connectivity index (χ1n) is 10.5. The fourth-order valence-electron chi connectivity index (χ4n) is 5.45. The second-order valence-electron chi connectivity index (χ2n) is 8.10. The molecule has 2 aromatic heterocycles. The first-order valence-corrected chi connectivity index (χ1v) is 10.5. The van der Waals surface area contributed by atoms with Crippen LogP contribution < -0.4 is 0 Å². The van der Waals surface area contributed by atoms with Gasteiger partial charge in [-0.25, -0.2) is 0 Å². The monoisotopic (exact) mass is 395 g/mol. The minimum Gasteiger partial charge on any atom is -0.256 e. The number of fused-ring (bicyclic) bond motifs is 10. The Kier molecular flexibility index (Phi) is 3.20. The fourth-order valence-corrected chi connectivity index (χ4v) is 5.45. The van der Waals surface area contributed by atoms with Crippen molar-refractivity contribution < 1.29 is 0 Å². The van der Waals surface area contributed by atoms with Gasteiger partial charge in [-0.1, -0.05) is 84.9 Å². The van der Waals surface area contributed by atoms with Crippen molar-refractivity contribution in [3.63, 3.8) is 0 Å². The first kappa shape index (κ1) is 16.7. The van der Waals surface area contributed by atoms with Gasteiger partial charge in [0.05, 0.1) is 22.5 Å². The summed E-state index contributed by atoms with van der Waals surface area (Å²) in [5, 5.41) is 9.39. The maximum absolute atomic E-state index is 4.81. The third kappa shape index (κ3) is 2.00. The normalized spacial score (nSPS) is 17.2. The first-order chi connectivity index (χ1) is 15.4. The zero-order valence-electron chi connectivity index (χ0n) is 16.7. The van der Waals surface area contributed by atoms with Gasteiger partial charge in [-0.15, -0.1) is 10.2 Å². The minimum atomic E-state index is -0.425. The summed E-state index contributed by atoms with van der Waals surface area (Å²) < 4.78 is 0. The highest BCUT2D eigenvalue weighted by Crippen LogP contribution is 2.61. The molecule has 31 heavy (non-hydrogen) atoms. The molecule has 5 aromatic rings. The van der Waals surface area contributed by atoms with E-state index in [0.29, 0.717) is 0 Å². The van der Waals surface area contributed by atoms with E-state index in [0.717, 1.165) is 28.2 Å². The Labute approximate surface area is 180 Å². The van der Waals surface area contributed by atoms with Gasteiger partial charge >= 0.3 is 0 Å². The molecule has 0 bridgehead atoms. The topological polar surface area (TPSA) is 38.7 Å². The molecule has 0 amide bonds. The van der Waals surface area contributed by atoms with Crippen molar-refractivity contribution in [2.45, 2.75) is 5.41 Å². The highest BCUT2D eigenvalue weighted by molar-refractivity contribution is 5.93. The third-order valence-corrected chi connectivity index (χ3v) is 6.65. The van der Waals surface area contributed by atoms with E-state index in [1.807, 2.05) is 30.5 Å². The van der Waals surface area contributed by atoms with E-state index in [1.54, 1.807) is 0 Å². The molecule has 2 aliphatic rings. The molecule has 3 aromatic carbocycles. The summed E-state index contributed by atoms with van der Waals surface area (Å²) in [6, 6.07) is 34.0. The number of pyridine rings is 1. The van der Waals surface area contributed by atoms with Crippen LogP contribution in [-0.2, 0) is 5.41 Å². The van der Waals surface area contributed by atoms with Crippen LogP contribution in [0.4, 0.5) is 0 Å². The molecule has 1 atom stereocenters. The number of hydrogen-bond donors (Lipinski definition) is 0. The van der Waals surface area contributed by atoms with Crippen molar-refractivity contribution in [1.82, 2.24) is 15.2 Å². The summed E-state index contributed by atoms with van der Waals surface area (Å²) in [4.78, 5) is 4.81. The quantitative estimate of drug-likeness (QED) is 0.348. The zero-order valence-corrected chi connectivity index (χ0v) is 16.7. The lowest BCUT2D eigenvalue weighted by atomic mass is 9.71. The summed E-state index contributed by atoms with van der Waals surface area (Å²) in [6.45, 7) is 0. The second kappa shape index (κ2) is 5.96. The Hall–Kier alpha value is -4.11. The highest BCUT2D eigenvalue weighted by atomic mass is 15.1. The van der Waals surface area contributed by atoms with Crippen LogP contribution in [-0.4, -0.2) is 15.2 Å². The molecule has 0 saturated carbocycles. The molecular formula is C28H17N3. The van der Waals surface area contributed by atoms with Gasteiger partial charge in [0.15, 0.2) is 0 Å². The maximum atomic E-state index is 4.81. The van der Waals surface area contributed by atoms with E-state index in [9.17, 15) is 0 Å². The molecular weight excluding hydrogens is 378 g/mol. The third-order valence-electron chi connectivity index (χ3n) is 6.65. The second-order valence-corrected chi connectivity index (χ2v) is 8.10. The lowest BCUT2D eigenvalue weighted by Gasteiger charge is -2.29. The molecule has 144 valence electrons. The number of nitrogens with zero attached hydrogens (tertiary/aromatic N) is 3. The predicted octanol–water partition coefficient (Wildman–Crippen LogP) is 5.88. The van der Waals surface area contributed by atoms with Crippen molar-refractivity contribution >= 4 is 0 Å². The van der Waals surface area contributed by atoms with E-state index in [2.05, 4.69) is 77.9 Å². The van der Waals surface area contributed by atoms with Crippen LogP contribution in [0.2, 0.25) is 0 Å². The van der Waals surface area contributed by atoms with Crippen LogP contribution in [0.25, 0.3) is 33.8 Å². The Morgan fingerprint density at radius 1 is 0.516 bits per heavy atom. The highest BCUT2D eigenvalue weighted by Gasteiger charge is 2.53. The van der Waals surface area contributed by atoms with Crippen LogP contribution >= 0.6 is 0 Å². The largest absolute Gasteiger partial charge is 0.256 e. The molecule has 0 aliphatic heterocycles. The van der Waals surface area contributed by atoms with Crippen LogP contribution in [0.5, 0.6) is 0 Å². The average molecular weight is 395 g/mol. The van der Waals surface area contributed by atoms with Crippen LogP contribution in [0.3, 0.4) is 0 Å². The van der Waals surface area contributed by atoms with Gasteiger partial charge in [-0.3, -0.25) is 4.98 Å². The van der Waals surface area contributed by atoms with Crippen LogP contribution in [0.1, 0.15) is 22.3 Å². The van der Waals surface area contributed by atoms with E-state index in [1.165, 1.54) is 27.8 Å². The van der Waals surface area contributed by atoms with Gasteiger partial charge in [-0.05, 0) is 28.8 Å². The lowest BCUT2D eigenvalue weighted by molar-refractivity contribution is 0.785. The molecule has 3 heteroatoms. The summed E-state index contributed by atoms with van der Waals surface area (Å²) in [5.74, 6) is 0. The van der Waals surface area contributed by atoms with Crippen molar-refractivity contribution in [2.24, 2.45) is 0 Å². The number of hydrogen-bond acceptors (Lipinski definition) is 3. The predicted molar refractivity (Wildman–Crippen MR) is 122 cm³/mol. The molecule has 0 saturated heterocycles. The van der Waals surface area contributed by atoms with Crippen molar-refractivity contribution in [3.05, 3.63) is 126 Å². The van der Waals surface area contributed by atoms with Crippen molar-refractivity contribution in [1.29, 1.82) is 0 Å². The van der Waals surface area contributed by atoms with Crippen molar-refractivity contribution in [3.8, 4) is 33.8 Å². The standard InChI is InChI=1S/C28H17N3/c1-2-9-18(10-3-1)25-17-24-27(31-30-25)20-12-5-7-14-22(20)28(24)21-13-6-4-11-19(21)26-23(28)15-8-16-29-26/h1-17H. The SMILES string of the molecule is c1ccc(-c2cc3c(nn2)-c2ccccc2C32c3ccccc3-c3ncccc32)cc1. The van der Waals surface area contributed by atoms with Gasteiger partial charge < -0.3 is 0 Å². The average Bonchev–Trinajstić information content (AvgIpc) is 3.32. The Morgan fingerprint density at radius 2 is 1.16 bits per heavy atom.